The van der Waals surface area contributed by atoms with Gasteiger partial charge in [0.1, 0.15) is 5.75 Å². The lowest BCUT2D eigenvalue weighted by atomic mass is 10.1. The van der Waals surface area contributed by atoms with Crippen LogP contribution in [0.3, 0.4) is 0 Å². The van der Waals surface area contributed by atoms with Gasteiger partial charge in [-0.15, -0.1) is 0 Å². The number of hydrogen-bond donors (Lipinski definition) is 1. The lowest BCUT2D eigenvalue weighted by Gasteiger charge is -2.08. The monoisotopic (exact) mass is 309 g/mol. The minimum Gasteiger partial charge on any atom is -0.496 e. The highest BCUT2D eigenvalue weighted by atomic mass is 79.9. The Balaban J connectivity index is 2.05. The maximum absolute atomic E-state index is 5.24. The highest BCUT2D eigenvalue weighted by Gasteiger charge is 2.20. The summed E-state index contributed by atoms with van der Waals surface area (Å²) in [6.07, 6.45) is 6.03. The minimum absolute atomic E-state index is 0.766. The van der Waals surface area contributed by atoms with Crippen LogP contribution in [0.15, 0.2) is 28.2 Å². The molecule has 1 fully saturated rings. The second kappa shape index (κ2) is 6.39. The first-order chi connectivity index (χ1) is 8.72. The van der Waals surface area contributed by atoms with Crippen molar-refractivity contribution in [1.29, 1.82) is 0 Å². The van der Waals surface area contributed by atoms with Gasteiger partial charge in [0.2, 0.25) is 0 Å². The number of benzene rings is 1. The fraction of sp³-hybridized carbons (Fsp3) is 0.467. The van der Waals surface area contributed by atoms with Crippen molar-refractivity contribution in [2.75, 3.05) is 13.7 Å². The van der Waals surface area contributed by atoms with Crippen LogP contribution < -0.4 is 10.1 Å². The molecule has 0 aliphatic heterocycles. The molecule has 0 aromatic heterocycles. The van der Waals surface area contributed by atoms with E-state index in [4.69, 9.17) is 4.74 Å². The molecule has 1 aliphatic rings. The Bertz CT molecular complexity index is 438. The molecule has 0 atom stereocenters. The van der Waals surface area contributed by atoms with Gasteiger partial charge in [0, 0.05) is 12.6 Å². The van der Waals surface area contributed by atoms with Crippen LogP contribution in [0, 0.1) is 0 Å². The zero-order chi connectivity index (χ0) is 13.0. The van der Waals surface area contributed by atoms with Crippen molar-refractivity contribution >= 4 is 22.0 Å². The highest BCUT2D eigenvalue weighted by molar-refractivity contribution is 9.10. The molecule has 0 amide bonds. The Morgan fingerprint density at radius 1 is 1.50 bits per heavy atom. The summed E-state index contributed by atoms with van der Waals surface area (Å²) in [5.41, 5.74) is 2.66. The average molecular weight is 310 g/mol. The van der Waals surface area contributed by atoms with Crippen LogP contribution in [0.25, 0.3) is 6.08 Å². The third kappa shape index (κ3) is 3.85. The number of hydrogen-bond acceptors (Lipinski definition) is 2. The van der Waals surface area contributed by atoms with E-state index in [1.54, 1.807) is 7.11 Å². The molecule has 0 heterocycles. The summed E-state index contributed by atoms with van der Waals surface area (Å²) < 4.78 is 6.24. The molecule has 18 heavy (non-hydrogen) atoms. The topological polar surface area (TPSA) is 21.3 Å². The minimum atomic E-state index is 0.766. The molecule has 1 aromatic rings. The molecule has 0 spiro atoms. The van der Waals surface area contributed by atoms with Crippen molar-refractivity contribution in [1.82, 2.24) is 5.32 Å². The summed E-state index contributed by atoms with van der Waals surface area (Å²) in [7, 11) is 1.69. The van der Waals surface area contributed by atoms with Crippen molar-refractivity contribution in [3.05, 3.63) is 33.8 Å². The molecule has 2 rings (SSSR count). The van der Waals surface area contributed by atoms with Crippen LogP contribution in [-0.4, -0.2) is 19.7 Å². The Hall–Kier alpha value is -0.800. The van der Waals surface area contributed by atoms with E-state index >= 15 is 0 Å². The van der Waals surface area contributed by atoms with Gasteiger partial charge in [-0.3, -0.25) is 0 Å². The lowest BCUT2D eigenvalue weighted by Crippen LogP contribution is -2.18. The largest absolute Gasteiger partial charge is 0.496 e. The molecule has 98 valence electrons. The zero-order valence-corrected chi connectivity index (χ0v) is 12.6. The van der Waals surface area contributed by atoms with Gasteiger partial charge < -0.3 is 10.1 Å². The van der Waals surface area contributed by atoms with Gasteiger partial charge in [-0.2, -0.15) is 0 Å². The molecule has 1 saturated carbocycles. The number of halogens is 1. The van der Waals surface area contributed by atoms with Crippen molar-refractivity contribution in [3.8, 4) is 5.75 Å². The zero-order valence-electron chi connectivity index (χ0n) is 11.0. The predicted molar refractivity (Wildman–Crippen MR) is 80.0 cm³/mol. The van der Waals surface area contributed by atoms with Crippen LogP contribution in [0.5, 0.6) is 5.75 Å². The maximum atomic E-state index is 5.24. The van der Waals surface area contributed by atoms with Gasteiger partial charge in [0.05, 0.1) is 11.6 Å². The van der Waals surface area contributed by atoms with Gasteiger partial charge in [-0.05, 0) is 52.9 Å². The third-order valence-electron chi connectivity index (χ3n) is 3.20. The van der Waals surface area contributed by atoms with Crippen LogP contribution in [0.4, 0.5) is 0 Å². The first kappa shape index (κ1) is 13.6. The maximum Gasteiger partial charge on any atom is 0.133 e. The summed E-state index contributed by atoms with van der Waals surface area (Å²) >= 11 is 3.52. The van der Waals surface area contributed by atoms with Gasteiger partial charge in [0.25, 0.3) is 0 Å². The average Bonchev–Trinajstić information content (AvgIpc) is 3.18. The summed E-state index contributed by atoms with van der Waals surface area (Å²) in [6, 6.07) is 6.96. The molecule has 0 bridgehead atoms. The van der Waals surface area contributed by atoms with Crippen LogP contribution in [0.2, 0.25) is 0 Å². The molecule has 1 aliphatic carbocycles. The summed E-state index contributed by atoms with van der Waals surface area (Å²) in [6.45, 7) is 3.21. The molecule has 1 N–H and O–H groups in total. The fourth-order valence-electron chi connectivity index (χ4n) is 1.85. The van der Waals surface area contributed by atoms with E-state index in [-0.39, 0.29) is 0 Å². The first-order valence-electron chi connectivity index (χ1n) is 6.49. The second-order valence-corrected chi connectivity index (χ2v) is 5.56. The summed E-state index contributed by atoms with van der Waals surface area (Å²) in [5.74, 6) is 0.876. The van der Waals surface area contributed by atoms with E-state index in [1.165, 1.54) is 24.0 Å². The Morgan fingerprint density at radius 2 is 2.28 bits per heavy atom. The fourth-order valence-corrected chi connectivity index (χ4v) is 2.41. The molecule has 3 heteroatoms. The normalized spacial score (nSPS) is 15.8. The molecule has 0 radical (unpaired) electrons. The van der Waals surface area contributed by atoms with E-state index < -0.39 is 0 Å². The standard InChI is InChI=1S/C15H20BrNO/c1-3-11(10-17-13-5-6-13)8-12-4-7-15(18-2)14(16)9-12/h4,7-9,13,17H,3,5-6,10H2,1-2H3. The first-order valence-corrected chi connectivity index (χ1v) is 7.28. The van der Waals surface area contributed by atoms with Gasteiger partial charge in [0.15, 0.2) is 0 Å². The van der Waals surface area contributed by atoms with Crippen molar-refractivity contribution < 1.29 is 4.74 Å². The molecular weight excluding hydrogens is 290 g/mol. The quantitative estimate of drug-likeness (QED) is 0.857. The Kier molecular flexibility index (Phi) is 4.84. The number of methoxy groups -OCH3 is 1. The van der Waals surface area contributed by atoms with Crippen molar-refractivity contribution in [2.24, 2.45) is 0 Å². The van der Waals surface area contributed by atoms with Crippen molar-refractivity contribution in [2.45, 2.75) is 32.2 Å². The summed E-state index contributed by atoms with van der Waals surface area (Å²) in [5, 5.41) is 3.56. The van der Waals surface area contributed by atoms with Crippen LogP contribution >= 0.6 is 15.9 Å². The second-order valence-electron chi connectivity index (χ2n) is 4.71. The Labute approximate surface area is 118 Å². The van der Waals surface area contributed by atoms with Gasteiger partial charge in [-0.1, -0.05) is 24.6 Å². The highest BCUT2D eigenvalue weighted by Crippen LogP contribution is 2.26. The number of nitrogens with one attached hydrogen (secondary N) is 1. The lowest BCUT2D eigenvalue weighted by molar-refractivity contribution is 0.412. The van der Waals surface area contributed by atoms with E-state index in [0.29, 0.717) is 0 Å². The molecule has 1 aromatic carbocycles. The number of ether oxygens (including phenoxy) is 1. The van der Waals surface area contributed by atoms with E-state index in [0.717, 1.165) is 29.2 Å². The van der Waals surface area contributed by atoms with Crippen molar-refractivity contribution in [3.63, 3.8) is 0 Å². The third-order valence-corrected chi connectivity index (χ3v) is 3.82. The van der Waals surface area contributed by atoms with E-state index in [2.05, 4.69) is 46.4 Å². The summed E-state index contributed by atoms with van der Waals surface area (Å²) in [4.78, 5) is 0. The predicted octanol–water partition coefficient (Wildman–Crippen LogP) is 4.00. The Morgan fingerprint density at radius 3 is 2.83 bits per heavy atom. The SMILES string of the molecule is CCC(=Cc1ccc(OC)c(Br)c1)CNC1CC1. The molecule has 2 nitrogen and oxygen atoms in total. The van der Waals surface area contributed by atoms with Crippen LogP contribution in [0.1, 0.15) is 31.7 Å². The molecular formula is C15H20BrNO. The number of rotatable bonds is 6. The van der Waals surface area contributed by atoms with Gasteiger partial charge in [-0.25, -0.2) is 0 Å². The smallest absolute Gasteiger partial charge is 0.133 e. The van der Waals surface area contributed by atoms with E-state index in [9.17, 15) is 0 Å². The molecule has 0 unspecified atom stereocenters. The van der Waals surface area contributed by atoms with E-state index in [1.807, 2.05) is 6.07 Å². The van der Waals surface area contributed by atoms with Crippen LogP contribution in [-0.2, 0) is 0 Å². The van der Waals surface area contributed by atoms with Gasteiger partial charge >= 0.3 is 0 Å². The molecule has 0 saturated heterocycles.